The first-order chi connectivity index (χ1) is 41.4. The molecule has 440 valence electrons. The third-order valence-corrected chi connectivity index (χ3v) is 17.6. The summed E-state index contributed by atoms with van der Waals surface area (Å²) in [6.45, 7) is 8.31. The van der Waals surface area contributed by atoms with E-state index in [2.05, 4.69) is 15.8 Å². The van der Waals surface area contributed by atoms with Crippen LogP contribution in [0, 0.1) is 0 Å². The molecule has 2 atom stereocenters. The average Bonchev–Trinajstić information content (AvgIpc) is 0.863. The third kappa shape index (κ3) is 13.4. The number of anilines is 1. The van der Waals surface area contributed by atoms with Crippen molar-refractivity contribution >= 4 is 69.5 Å². The Morgan fingerprint density at radius 1 is 0.767 bits per heavy atom. The van der Waals surface area contributed by atoms with Crippen LogP contribution in [0.1, 0.15) is 85.5 Å². The molecule has 8 aromatic rings. The van der Waals surface area contributed by atoms with Gasteiger partial charge in [-0.05, 0) is 80.1 Å². The van der Waals surface area contributed by atoms with E-state index in [0.29, 0.717) is 32.6 Å². The molecular formula is C67H64N6O10S3. The molecule has 2 amide bonds. The summed E-state index contributed by atoms with van der Waals surface area (Å²) in [5.74, 6) is -1.57. The minimum absolute atomic E-state index is 0.0147. The molecule has 0 bridgehead atoms. The second-order valence-electron chi connectivity index (χ2n) is 21.8. The third-order valence-electron chi connectivity index (χ3n) is 14.2. The van der Waals surface area contributed by atoms with Crippen molar-refractivity contribution in [3.05, 3.63) is 259 Å². The fourth-order valence-corrected chi connectivity index (χ4v) is 13.2. The number of nitrogens with one attached hydrogen (secondary N) is 2. The smallest absolute Gasteiger partial charge is 0.356 e. The van der Waals surface area contributed by atoms with Gasteiger partial charge in [-0.25, -0.2) is 14.6 Å². The van der Waals surface area contributed by atoms with Crippen molar-refractivity contribution < 1.29 is 43.0 Å². The molecule has 2 aromatic heterocycles. The molecule has 86 heavy (non-hydrogen) atoms. The van der Waals surface area contributed by atoms with Crippen molar-refractivity contribution in [1.82, 2.24) is 19.8 Å². The maximum absolute atomic E-state index is 15.1. The zero-order valence-corrected chi connectivity index (χ0v) is 50.9. The van der Waals surface area contributed by atoms with Gasteiger partial charge < -0.3 is 39.0 Å². The first kappa shape index (κ1) is 60.2. The van der Waals surface area contributed by atoms with Gasteiger partial charge >= 0.3 is 11.9 Å². The van der Waals surface area contributed by atoms with E-state index in [4.69, 9.17) is 28.8 Å². The summed E-state index contributed by atoms with van der Waals surface area (Å²) in [7, 11) is 3.40. The van der Waals surface area contributed by atoms with E-state index in [1.807, 2.05) is 176 Å². The van der Waals surface area contributed by atoms with Gasteiger partial charge in [0.05, 0.1) is 13.3 Å². The summed E-state index contributed by atoms with van der Waals surface area (Å²) in [5.41, 5.74) is 1.58. The van der Waals surface area contributed by atoms with Gasteiger partial charge in [-0.15, -0.1) is 34.9 Å². The summed E-state index contributed by atoms with van der Waals surface area (Å²) in [4.78, 5) is 84.9. The van der Waals surface area contributed by atoms with Gasteiger partial charge in [-0.1, -0.05) is 169 Å². The Kier molecular flexibility index (Phi) is 18.3. The number of hydrogen-bond acceptors (Lipinski definition) is 16. The highest BCUT2D eigenvalue weighted by Crippen LogP contribution is 2.46. The van der Waals surface area contributed by atoms with Gasteiger partial charge in [0.2, 0.25) is 11.0 Å². The molecule has 16 nitrogen and oxygen atoms in total. The maximum Gasteiger partial charge on any atom is 0.356 e. The number of benzene rings is 6. The van der Waals surface area contributed by atoms with Crippen molar-refractivity contribution in [3.8, 4) is 11.5 Å². The fourth-order valence-electron chi connectivity index (χ4n) is 9.77. The number of oxime groups is 1. The van der Waals surface area contributed by atoms with Crippen LogP contribution in [-0.2, 0) is 58.4 Å². The minimum Gasteiger partial charge on any atom is -0.497 e. The first-order valence-corrected chi connectivity index (χ1v) is 30.6. The number of carbonyl (C=O) groups is 4. The molecule has 19 heteroatoms. The zero-order valence-electron chi connectivity index (χ0n) is 48.4. The number of thioether (sulfide) groups is 2. The van der Waals surface area contributed by atoms with E-state index >= 15 is 9.59 Å². The van der Waals surface area contributed by atoms with Crippen LogP contribution in [0.4, 0.5) is 5.13 Å². The number of rotatable bonds is 22. The van der Waals surface area contributed by atoms with E-state index in [1.54, 1.807) is 51.1 Å². The number of ether oxygens (including phenoxy) is 4. The molecule has 2 N–H and O–H groups in total. The second-order valence-corrected chi connectivity index (χ2v) is 24.9. The minimum atomic E-state index is -1.69. The lowest BCUT2D eigenvalue weighted by molar-refractivity contribution is -0.179. The van der Waals surface area contributed by atoms with Gasteiger partial charge in [0.25, 0.3) is 11.8 Å². The number of esters is 2. The Morgan fingerprint density at radius 2 is 1.33 bits per heavy atom. The van der Waals surface area contributed by atoms with Crippen LogP contribution < -0.4 is 25.5 Å². The van der Waals surface area contributed by atoms with Crippen LogP contribution in [0.5, 0.6) is 11.5 Å². The molecule has 2 aliphatic rings. The zero-order chi connectivity index (χ0) is 60.6. The van der Waals surface area contributed by atoms with Gasteiger partial charge in [0, 0.05) is 40.6 Å². The van der Waals surface area contributed by atoms with E-state index in [0.717, 1.165) is 22.3 Å². The number of hydrogen-bond donors (Lipinski definition) is 2. The van der Waals surface area contributed by atoms with E-state index in [1.165, 1.54) is 59.7 Å². The topological polar surface area (TPSA) is 189 Å². The lowest BCUT2D eigenvalue weighted by atomic mass is 9.77. The normalized spacial score (nSPS) is 15.3. The van der Waals surface area contributed by atoms with Crippen molar-refractivity contribution in [3.63, 3.8) is 0 Å². The van der Waals surface area contributed by atoms with Crippen molar-refractivity contribution in [2.24, 2.45) is 12.2 Å². The average molecular weight is 1210 g/mol. The Bertz CT molecular complexity index is 3700. The number of aromatic nitrogens is 2. The lowest BCUT2D eigenvalue weighted by Gasteiger charge is -2.49. The Balaban J connectivity index is 0.961. The molecule has 1 unspecified atom stereocenters. The monoisotopic (exact) mass is 1210 g/mol. The molecule has 0 aliphatic carbocycles. The Labute approximate surface area is 511 Å². The molecule has 0 saturated carbocycles. The molecule has 0 spiro atoms. The second kappa shape index (κ2) is 26.1. The first-order valence-electron chi connectivity index (χ1n) is 27.7. The highest BCUT2D eigenvalue weighted by atomic mass is 32.2. The SMILES string of the molecule is COc1ccc(COc2cn(C)c(CSC3=C(C(=O)OC(c4ccccc4)c4ccccc4)N4C(=O)C(NC(=O)/C(=N\OC(C)(C)C(=O)OC(C)(C)C)c5csc(NC(c6ccccc6)(c6ccccc6)c6ccccc6)n5)[C@H]4SC3)cc2=O)cc1. The summed E-state index contributed by atoms with van der Waals surface area (Å²) in [6, 6.07) is 56.2. The van der Waals surface area contributed by atoms with Crippen LogP contribution in [-0.4, -0.2) is 79.4 Å². The van der Waals surface area contributed by atoms with Gasteiger partial charge in [0.1, 0.15) is 46.3 Å². The standard InChI is InChI=1S/C67H64N6O10S3/c1-65(2,3)82-63(78)66(4,5)83-71-55(51-41-86-64(68-51)70-67(46-27-17-10-18-28-46,47-29-19-11-20-30-47)48-31-21-12-22-32-48)59(75)69-56-60(76)73-57(62(77)81-58(44-23-13-8-14-24-44)45-25-15-9-16-26-45)54(42-85-61(56)73)84-40-49-37-52(74)53(38-72(49)6)80-39-43-33-35-50(79-7)36-34-43/h8-38,41,56,58,61H,39-40,42H2,1-7H3,(H,68,70)(H,69,75)/b71-55-/t56?,61-/m1/s1. The predicted molar refractivity (Wildman–Crippen MR) is 336 cm³/mol. The molecule has 6 aromatic carbocycles. The summed E-state index contributed by atoms with van der Waals surface area (Å²) in [5, 5.41) is 12.3. The van der Waals surface area contributed by atoms with Gasteiger partial charge in [-0.3, -0.25) is 19.3 Å². The molecule has 2 aliphatic heterocycles. The molecule has 1 fully saturated rings. The molecule has 1 saturated heterocycles. The largest absolute Gasteiger partial charge is 0.497 e. The number of fused-ring (bicyclic) bond motifs is 1. The highest BCUT2D eigenvalue weighted by molar-refractivity contribution is 8.05. The van der Waals surface area contributed by atoms with E-state index in [-0.39, 0.29) is 46.4 Å². The maximum atomic E-state index is 15.1. The summed E-state index contributed by atoms with van der Waals surface area (Å²) < 4.78 is 25.2. The quantitative estimate of drug-likeness (QED) is 0.0214. The number of aryl methyl sites for hydroxylation is 1. The fraction of sp³-hybridized carbons (Fsp3) is 0.239. The molecular weight excluding hydrogens is 1140 g/mol. The Hall–Kier alpha value is -8.91. The number of carbonyl (C=O) groups excluding carboxylic acids is 4. The van der Waals surface area contributed by atoms with Crippen molar-refractivity contribution in [2.75, 3.05) is 18.2 Å². The van der Waals surface area contributed by atoms with Crippen LogP contribution >= 0.6 is 34.9 Å². The number of β-lactam (4-membered cyclic amide) rings is 1. The number of nitrogens with zero attached hydrogens (tertiary/aromatic N) is 4. The lowest BCUT2D eigenvalue weighted by Crippen LogP contribution is -2.71. The van der Waals surface area contributed by atoms with Gasteiger partial charge in [0.15, 0.2) is 22.7 Å². The summed E-state index contributed by atoms with van der Waals surface area (Å²) >= 11 is 3.88. The number of methoxy groups -OCH3 is 1. The van der Waals surface area contributed by atoms with Crippen LogP contribution in [0.3, 0.4) is 0 Å². The molecule has 10 rings (SSSR count). The van der Waals surface area contributed by atoms with Crippen molar-refractivity contribution in [1.29, 1.82) is 0 Å². The molecule has 0 radical (unpaired) electrons. The molecule has 4 heterocycles. The van der Waals surface area contributed by atoms with Crippen LogP contribution in [0.25, 0.3) is 0 Å². The number of thiazole rings is 1. The predicted octanol–water partition coefficient (Wildman–Crippen LogP) is 11.6. The van der Waals surface area contributed by atoms with Crippen LogP contribution in [0.15, 0.2) is 214 Å². The Morgan fingerprint density at radius 3 is 1.87 bits per heavy atom. The highest BCUT2D eigenvalue weighted by Gasteiger charge is 2.55. The van der Waals surface area contributed by atoms with Crippen LogP contribution in [0.2, 0.25) is 0 Å². The van der Waals surface area contributed by atoms with E-state index in [9.17, 15) is 14.4 Å². The number of pyridine rings is 1. The number of amides is 2. The van der Waals surface area contributed by atoms with E-state index < -0.39 is 58.0 Å². The van der Waals surface area contributed by atoms with Crippen molar-refractivity contribution in [2.45, 2.75) is 81.2 Å². The summed E-state index contributed by atoms with van der Waals surface area (Å²) in [6.07, 6.45) is 0.777. The van der Waals surface area contributed by atoms with Gasteiger partial charge in [-0.2, -0.15) is 0 Å².